The Morgan fingerprint density at radius 1 is 1.03 bits per heavy atom. The van der Waals surface area contributed by atoms with E-state index in [1.165, 1.54) is 23.9 Å². The molecule has 1 N–H and O–H groups in total. The van der Waals surface area contributed by atoms with Gasteiger partial charge in [0.1, 0.15) is 5.82 Å². The van der Waals surface area contributed by atoms with Crippen molar-refractivity contribution in [2.24, 2.45) is 0 Å². The van der Waals surface area contributed by atoms with Gasteiger partial charge < -0.3 is 5.32 Å². The number of amides is 1. The van der Waals surface area contributed by atoms with Gasteiger partial charge in [0.15, 0.2) is 11.0 Å². The molecule has 0 radical (unpaired) electrons. The van der Waals surface area contributed by atoms with Crippen LogP contribution in [0.5, 0.6) is 0 Å². The van der Waals surface area contributed by atoms with Crippen molar-refractivity contribution in [2.45, 2.75) is 25.0 Å². The second-order valence-corrected chi connectivity index (χ2v) is 8.28. The van der Waals surface area contributed by atoms with Gasteiger partial charge in [-0.15, -0.1) is 10.2 Å². The predicted molar refractivity (Wildman–Crippen MR) is 123 cm³/mol. The lowest BCUT2D eigenvalue weighted by Crippen LogP contribution is -2.28. The molecule has 162 valence electrons. The number of thioether (sulfide) groups is 1. The van der Waals surface area contributed by atoms with Gasteiger partial charge in [-0.2, -0.15) is 0 Å². The summed E-state index contributed by atoms with van der Waals surface area (Å²) in [6.07, 6.45) is 3.42. The molecule has 2 aromatic heterocycles. The largest absolute Gasteiger partial charge is 0.349 e. The number of aryl methyl sites for hydroxylation is 1. The minimum Gasteiger partial charge on any atom is -0.349 e. The number of nitrogens with zero attached hydrogens (tertiary/aromatic N) is 4. The molecule has 0 saturated heterocycles. The summed E-state index contributed by atoms with van der Waals surface area (Å²) in [6, 6.07) is 17.7. The first-order chi connectivity index (χ1) is 15.5. The summed E-state index contributed by atoms with van der Waals surface area (Å²) in [5.41, 5.74) is 3.78. The zero-order valence-corrected chi connectivity index (χ0v) is 18.5. The fourth-order valence-electron chi connectivity index (χ4n) is 3.23. The Morgan fingerprint density at radius 3 is 2.41 bits per heavy atom. The lowest BCUT2D eigenvalue weighted by molar-refractivity contribution is -0.119. The van der Waals surface area contributed by atoms with E-state index in [1.807, 2.05) is 54.8 Å². The van der Waals surface area contributed by atoms with Crippen molar-refractivity contribution in [2.75, 3.05) is 5.75 Å². The molecule has 32 heavy (non-hydrogen) atoms. The first-order valence-electron chi connectivity index (χ1n) is 10.1. The van der Waals surface area contributed by atoms with Crippen molar-refractivity contribution in [1.29, 1.82) is 0 Å². The molecule has 0 aliphatic heterocycles. The fourth-order valence-corrected chi connectivity index (χ4v) is 3.99. The highest BCUT2D eigenvalue weighted by molar-refractivity contribution is 7.99. The van der Waals surface area contributed by atoms with E-state index in [9.17, 15) is 9.18 Å². The van der Waals surface area contributed by atoms with E-state index < -0.39 is 0 Å². The predicted octanol–water partition coefficient (Wildman–Crippen LogP) is 4.75. The van der Waals surface area contributed by atoms with E-state index >= 15 is 0 Å². The summed E-state index contributed by atoms with van der Waals surface area (Å²) in [4.78, 5) is 16.6. The number of carbonyl (C=O) groups excluding carboxylic acids is 1. The van der Waals surface area contributed by atoms with Crippen LogP contribution in [-0.4, -0.2) is 31.4 Å². The minimum absolute atomic E-state index is 0.143. The average molecular weight is 448 g/mol. The van der Waals surface area contributed by atoms with Crippen molar-refractivity contribution in [3.05, 3.63) is 90.0 Å². The molecular formula is C24H22FN5OS. The molecule has 4 aromatic rings. The van der Waals surface area contributed by atoms with E-state index in [4.69, 9.17) is 0 Å². The first kappa shape index (κ1) is 21.7. The molecule has 6 nitrogen and oxygen atoms in total. The minimum atomic E-state index is -0.303. The number of hydrogen-bond donors (Lipinski definition) is 1. The highest BCUT2D eigenvalue weighted by atomic mass is 32.2. The Hall–Kier alpha value is -3.52. The van der Waals surface area contributed by atoms with Crippen molar-refractivity contribution in [3.63, 3.8) is 0 Å². The molecule has 2 aromatic carbocycles. The molecule has 1 unspecified atom stereocenters. The molecule has 0 aliphatic rings. The normalized spacial score (nSPS) is 11.8. The number of halogens is 1. The zero-order chi connectivity index (χ0) is 22.5. The van der Waals surface area contributed by atoms with Crippen LogP contribution in [-0.2, 0) is 4.79 Å². The molecule has 0 saturated carbocycles. The number of benzene rings is 2. The van der Waals surface area contributed by atoms with E-state index in [-0.39, 0.29) is 23.5 Å². The van der Waals surface area contributed by atoms with Crippen molar-refractivity contribution in [3.8, 4) is 17.1 Å². The Morgan fingerprint density at radius 2 is 1.72 bits per heavy atom. The van der Waals surface area contributed by atoms with Crippen LogP contribution in [0.25, 0.3) is 17.1 Å². The molecule has 2 heterocycles. The number of pyridine rings is 1. The third-order valence-electron chi connectivity index (χ3n) is 4.94. The van der Waals surface area contributed by atoms with Crippen LogP contribution in [0, 0.1) is 12.7 Å². The van der Waals surface area contributed by atoms with Gasteiger partial charge in [-0.1, -0.05) is 41.6 Å². The lowest BCUT2D eigenvalue weighted by atomic mass is 10.1. The second kappa shape index (κ2) is 9.74. The summed E-state index contributed by atoms with van der Waals surface area (Å²) in [7, 11) is 0. The van der Waals surface area contributed by atoms with Gasteiger partial charge in [-0.3, -0.25) is 14.3 Å². The maximum atomic E-state index is 13.1. The number of rotatable bonds is 7. The number of carbonyl (C=O) groups is 1. The van der Waals surface area contributed by atoms with Crippen LogP contribution in [0.3, 0.4) is 0 Å². The maximum absolute atomic E-state index is 13.1. The molecule has 0 fully saturated rings. The standard InChI is InChI=1S/C24H22FN5OS/c1-16-3-9-21(10-4-16)30-23(19-11-13-26-14-12-19)28-29-24(30)32-15-22(31)27-17(2)18-5-7-20(25)8-6-18/h3-14,17H,15H2,1-2H3,(H,27,31). The molecule has 1 atom stereocenters. The van der Waals surface area contributed by atoms with E-state index in [0.29, 0.717) is 11.0 Å². The Kier molecular flexibility index (Phi) is 6.61. The molecule has 8 heteroatoms. The Bertz CT molecular complexity index is 1190. The molecule has 4 rings (SSSR count). The molecule has 1 amide bonds. The third kappa shape index (κ3) is 5.03. The maximum Gasteiger partial charge on any atom is 0.230 e. The second-order valence-electron chi connectivity index (χ2n) is 7.34. The Balaban J connectivity index is 1.53. The quantitative estimate of drug-likeness (QED) is 0.414. The third-order valence-corrected chi connectivity index (χ3v) is 5.87. The molecule has 0 spiro atoms. The topological polar surface area (TPSA) is 72.7 Å². The highest BCUT2D eigenvalue weighted by Gasteiger charge is 2.18. The monoisotopic (exact) mass is 447 g/mol. The molecule has 0 aliphatic carbocycles. The van der Waals surface area contributed by atoms with Gasteiger partial charge in [0.25, 0.3) is 0 Å². The van der Waals surface area contributed by atoms with Gasteiger partial charge in [0.2, 0.25) is 5.91 Å². The summed E-state index contributed by atoms with van der Waals surface area (Å²) in [5.74, 6) is 0.407. The van der Waals surface area contributed by atoms with Crippen molar-refractivity contribution in [1.82, 2.24) is 25.1 Å². The van der Waals surface area contributed by atoms with Gasteiger partial charge in [-0.25, -0.2) is 4.39 Å². The summed E-state index contributed by atoms with van der Waals surface area (Å²) in [5, 5.41) is 12.3. The van der Waals surface area contributed by atoms with Crippen LogP contribution >= 0.6 is 11.8 Å². The van der Waals surface area contributed by atoms with Gasteiger partial charge in [-0.05, 0) is 55.8 Å². The molecule has 0 bridgehead atoms. The van der Waals surface area contributed by atoms with Gasteiger partial charge in [0.05, 0.1) is 11.8 Å². The SMILES string of the molecule is Cc1ccc(-n2c(SCC(=O)NC(C)c3ccc(F)cc3)nnc2-c2ccncc2)cc1. The fraction of sp³-hybridized carbons (Fsp3) is 0.167. The smallest absolute Gasteiger partial charge is 0.230 e. The van der Waals surface area contributed by atoms with Crippen molar-refractivity contribution >= 4 is 17.7 Å². The summed E-state index contributed by atoms with van der Waals surface area (Å²) < 4.78 is 15.1. The first-order valence-corrected chi connectivity index (χ1v) is 11.1. The summed E-state index contributed by atoms with van der Waals surface area (Å²) >= 11 is 1.31. The lowest BCUT2D eigenvalue weighted by Gasteiger charge is -2.14. The average Bonchev–Trinajstić information content (AvgIpc) is 3.23. The number of aromatic nitrogens is 4. The van der Waals surface area contributed by atoms with Crippen LogP contribution in [0.4, 0.5) is 4.39 Å². The Labute approximate surface area is 189 Å². The zero-order valence-electron chi connectivity index (χ0n) is 17.7. The van der Waals surface area contributed by atoms with Crippen LogP contribution in [0.15, 0.2) is 78.2 Å². The van der Waals surface area contributed by atoms with Crippen LogP contribution < -0.4 is 5.32 Å². The van der Waals surface area contributed by atoms with E-state index in [0.717, 1.165) is 22.4 Å². The number of hydrogen-bond acceptors (Lipinski definition) is 5. The highest BCUT2D eigenvalue weighted by Crippen LogP contribution is 2.28. The van der Waals surface area contributed by atoms with Crippen LogP contribution in [0.1, 0.15) is 24.1 Å². The van der Waals surface area contributed by atoms with E-state index in [1.54, 1.807) is 24.5 Å². The van der Waals surface area contributed by atoms with E-state index in [2.05, 4.69) is 20.5 Å². The number of nitrogens with one attached hydrogen (secondary N) is 1. The van der Waals surface area contributed by atoms with Crippen molar-refractivity contribution < 1.29 is 9.18 Å². The molecular weight excluding hydrogens is 425 g/mol. The van der Waals surface area contributed by atoms with Gasteiger partial charge in [0, 0.05) is 23.6 Å². The van der Waals surface area contributed by atoms with Gasteiger partial charge >= 0.3 is 0 Å². The van der Waals surface area contributed by atoms with Crippen LogP contribution in [0.2, 0.25) is 0 Å². The summed E-state index contributed by atoms with van der Waals surface area (Å²) in [6.45, 7) is 3.90.